The molecule has 0 aliphatic heterocycles. The van der Waals surface area contributed by atoms with Crippen molar-refractivity contribution in [2.45, 2.75) is 25.7 Å². The van der Waals surface area contributed by atoms with E-state index in [-0.39, 0.29) is 17.7 Å². The maximum atomic E-state index is 10.9. The van der Waals surface area contributed by atoms with Crippen LogP contribution in [0.3, 0.4) is 0 Å². The standard InChI is InChI=1S/C8H13NO3/c1-9-6(10)4-8(2-3-8)5-7(11)12/h2-5H2,1H3,(H,9,10)(H,11,12). The number of carboxylic acids is 1. The summed E-state index contributed by atoms with van der Waals surface area (Å²) in [5.41, 5.74) is -0.216. The van der Waals surface area contributed by atoms with Gasteiger partial charge in [-0.1, -0.05) is 0 Å². The second-order valence-corrected chi connectivity index (χ2v) is 3.42. The first-order valence-corrected chi connectivity index (χ1v) is 4.00. The summed E-state index contributed by atoms with van der Waals surface area (Å²) in [6.45, 7) is 0. The lowest BCUT2D eigenvalue weighted by molar-refractivity contribution is -0.138. The summed E-state index contributed by atoms with van der Waals surface area (Å²) in [4.78, 5) is 21.3. The fraction of sp³-hybridized carbons (Fsp3) is 0.750. The van der Waals surface area contributed by atoms with Crippen molar-refractivity contribution in [3.05, 3.63) is 0 Å². The number of aliphatic carboxylic acids is 1. The van der Waals surface area contributed by atoms with Crippen molar-refractivity contribution in [3.8, 4) is 0 Å². The van der Waals surface area contributed by atoms with Gasteiger partial charge >= 0.3 is 5.97 Å². The molecule has 1 fully saturated rings. The molecule has 68 valence electrons. The minimum absolute atomic E-state index is 0.0613. The fourth-order valence-electron chi connectivity index (χ4n) is 1.34. The van der Waals surface area contributed by atoms with Gasteiger partial charge in [0.25, 0.3) is 0 Å². The lowest BCUT2D eigenvalue weighted by Gasteiger charge is -2.09. The smallest absolute Gasteiger partial charge is 0.303 e. The second-order valence-electron chi connectivity index (χ2n) is 3.42. The Hall–Kier alpha value is -1.06. The van der Waals surface area contributed by atoms with Crippen LogP contribution in [0.1, 0.15) is 25.7 Å². The van der Waals surface area contributed by atoms with Crippen LogP contribution in [0.5, 0.6) is 0 Å². The zero-order chi connectivity index (χ0) is 9.19. The number of hydrogen-bond acceptors (Lipinski definition) is 2. The summed E-state index contributed by atoms with van der Waals surface area (Å²) in [6.07, 6.45) is 2.22. The number of hydrogen-bond donors (Lipinski definition) is 2. The van der Waals surface area contributed by atoms with Crippen molar-refractivity contribution in [3.63, 3.8) is 0 Å². The van der Waals surface area contributed by atoms with E-state index in [2.05, 4.69) is 5.32 Å². The molecule has 0 atom stereocenters. The van der Waals surface area contributed by atoms with Gasteiger partial charge in [0.15, 0.2) is 0 Å². The van der Waals surface area contributed by atoms with E-state index in [4.69, 9.17) is 5.11 Å². The van der Waals surface area contributed by atoms with Gasteiger partial charge in [0, 0.05) is 13.5 Å². The summed E-state index contributed by atoms with van der Waals surface area (Å²) in [5, 5.41) is 11.0. The molecular formula is C8H13NO3. The molecule has 0 unspecified atom stereocenters. The van der Waals surface area contributed by atoms with E-state index in [1.807, 2.05) is 0 Å². The fourth-order valence-corrected chi connectivity index (χ4v) is 1.34. The monoisotopic (exact) mass is 171 g/mol. The third kappa shape index (κ3) is 2.22. The lowest BCUT2D eigenvalue weighted by Crippen LogP contribution is -2.23. The zero-order valence-corrected chi connectivity index (χ0v) is 7.09. The maximum Gasteiger partial charge on any atom is 0.303 e. The highest BCUT2D eigenvalue weighted by atomic mass is 16.4. The third-order valence-electron chi connectivity index (χ3n) is 2.30. The van der Waals surface area contributed by atoms with Crippen molar-refractivity contribution in [1.82, 2.24) is 5.32 Å². The minimum Gasteiger partial charge on any atom is -0.481 e. The van der Waals surface area contributed by atoms with Gasteiger partial charge in [-0.25, -0.2) is 0 Å². The largest absolute Gasteiger partial charge is 0.481 e. The maximum absolute atomic E-state index is 10.9. The Labute approximate surface area is 71.0 Å². The van der Waals surface area contributed by atoms with Gasteiger partial charge in [0.05, 0.1) is 6.42 Å². The van der Waals surface area contributed by atoms with Gasteiger partial charge in [-0.3, -0.25) is 9.59 Å². The quantitative estimate of drug-likeness (QED) is 0.642. The predicted octanol–water partition coefficient (Wildman–Crippen LogP) is 0.377. The van der Waals surface area contributed by atoms with Crippen LogP contribution in [0.4, 0.5) is 0 Å². The number of nitrogens with one attached hydrogen (secondary N) is 1. The molecule has 4 heteroatoms. The Morgan fingerprint density at radius 2 is 2.00 bits per heavy atom. The van der Waals surface area contributed by atoms with Crippen molar-refractivity contribution >= 4 is 11.9 Å². The van der Waals surface area contributed by atoms with Crippen LogP contribution in [-0.4, -0.2) is 24.0 Å². The molecule has 1 amide bonds. The van der Waals surface area contributed by atoms with Crippen molar-refractivity contribution in [1.29, 1.82) is 0 Å². The molecule has 0 bridgehead atoms. The van der Waals surface area contributed by atoms with Crippen LogP contribution >= 0.6 is 0 Å². The third-order valence-corrected chi connectivity index (χ3v) is 2.30. The molecule has 0 aromatic carbocycles. The van der Waals surface area contributed by atoms with Gasteiger partial charge in [-0.15, -0.1) is 0 Å². The van der Waals surface area contributed by atoms with Crippen LogP contribution in [0.25, 0.3) is 0 Å². The Bertz CT molecular complexity index is 208. The van der Waals surface area contributed by atoms with Crippen molar-refractivity contribution < 1.29 is 14.7 Å². The summed E-state index contributed by atoms with van der Waals surface area (Å²) >= 11 is 0. The minimum atomic E-state index is -0.809. The molecule has 12 heavy (non-hydrogen) atoms. The number of rotatable bonds is 4. The molecule has 0 saturated heterocycles. The number of amides is 1. The topological polar surface area (TPSA) is 66.4 Å². The molecule has 2 N–H and O–H groups in total. The molecule has 0 spiro atoms. The van der Waals surface area contributed by atoms with Crippen LogP contribution in [0.2, 0.25) is 0 Å². The Kier molecular flexibility index (Phi) is 2.35. The van der Waals surface area contributed by atoms with E-state index in [1.165, 1.54) is 0 Å². The molecule has 1 saturated carbocycles. The molecule has 0 heterocycles. The molecule has 0 radical (unpaired) electrons. The normalized spacial score (nSPS) is 18.4. The molecule has 4 nitrogen and oxygen atoms in total. The highest BCUT2D eigenvalue weighted by molar-refractivity contribution is 5.78. The first kappa shape index (κ1) is 9.03. The molecule has 1 aliphatic carbocycles. The zero-order valence-electron chi connectivity index (χ0n) is 7.09. The van der Waals surface area contributed by atoms with Crippen molar-refractivity contribution in [2.75, 3.05) is 7.05 Å². The Morgan fingerprint density at radius 3 is 2.33 bits per heavy atom. The summed E-state index contributed by atoms with van der Waals surface area (Å²) in [7, 11) is 1.57. The number of carbonyl (C=O) groups excluding carboxylic acids is 1. The number of carbonyl (C=O) groups is 2. The van der Waals surface area contributed by atoms with Crippen LogP contribution in [0.15, 0.2) is 0 Å². The highest BCUT2D eigenvalue weighted by Crippen LogP contribution is 2.51. The van der Waals surface area contributed by atoms with E-state index >= 15 is 0 Å². The Morgan fingerprint density at radius 1 is 1.42 bits per heavy atom. The first-order chi connectivity index (χ1) is 5.58. The first-order valence-electron chi connectivity index (χ1n) is 4.00. The summed E-state index contributed by atoms with van der Waals surface area (Å²) in [6, 6.07) is 0. The van der Waals surface area contributed by atoms with Gasteiger partial charge in [0.1, 0.15) is 0 Å². The van der Waals surface area contributed by atoms with Gasteiger partial charge in [-0.2, -0.15) is 0 Å². The van der Waals surface area contributed by atoms with Crippen LogP contribution in [-0.2, 0) is 9.59 Å². The van der Waals surface area contributed by atoms with Gasteiger partial charge in [0.2, 0.25) is 5.91 Å². The van der Waals surface area contributed by atoms with E-state index in [1.54, 1.807) is 7.05 Å². The van der Waals surface area contributed by atoms with E-state index < -0.39 is 5.97 Å². The Balaban J connectivity index is 2.39. The average molecular weight is 171 g/mol. The van der Waals surface area contributed by atoms with Crippen molar-refractivity contribution in [2.24, 2.45) is 5.41 Å². The van der Waals surface area contributed by atoms with E-state index in [0.717, 1.165) is 12.8 Å². The molecule has 1 rings (SSSR count). The molecule has 0 aromatic rings. The SMILES string of the molecule is CNC(=O)CC1(CC(=O)O)CC1. The molecule has 0 aromatic heterocycles. The summed E-state index contributed by atoms with van der Waals surface area (Å²) < 4.78 is 0. The second kappa shape index (κ2) is 3.13. The predicted molar refractivity (Wildman–Crippen MR) is 42.6 cm³/mol. The molecular weight excluding hydrogens is 158 g/mol. The van der Waals surface area contributed by atoms with E-state index in [9.17, 15) is 9.59 Å². The van der Waals surface area contributed by atoms with Gasteiger partial charge in [-0.05, 0) is 18.3 Å². The average Bonchev–Trinajstić information content (AvgIpc) is 2.67. The summed E-state index contributed by atoms with van der Waals surface area (Å²) in [5.74, 6) is -0.870. The van der Waals surface area contributed by atoms with E-state index in [0.29, 0.717) is 6.42 Å². The highest BCUT2D eigenvalue weighted by Gasteiger charge is 2.45. The van der Waals surface area contributed by atoms with Crippen LogP contribution < -0.4 is 5.32 Å². The van der Waals surface area contributed by atoms with Gasteiger partial charge < -0.3 is 10.4 Å². The lowest BCUT2D eigenvalue weighted by atomic mass is 9.98. The number of carboxylic acid groups (broad SMARTS) is 1. The molecule has 1 aliphatic rings. The van der Waals surface area contributed by atoms with Crippen LogP contribution in [0, 0.1) is 5.41 Å².